The summed E-state index contributed by atoms with van der Waals surface area (Å²) in [5.41, 5.74) is 6.37. The zero-order valence-electron chi connectivity index (χ0n) is 9.05. The van der Waals surface area contributed by atoms with Crippen molar-refractivity contribution in [1.82, 2.24) is 9.88 Å². The van der Waals surface area contributed by atoms with Gasteiger partial charge in [0.25, 0.3) is 11.9 Å². The van der Waals surface area contributed by atoms with E-state index in [1.807, 2.05) is 17.5 Å². The highest BCUT2D eigenvalue weighted by Crippen LogP contribution is 2.23. The highest BCUT2D eigenvalue weighted by Gasteiger charge is 2.26. The number of hydrogen-bond donors (Lipinski definition) is 1. The van der Waals surface area contributed by atoms with Crippen molar-refractivity contribution < 1.29 is 9.21 Å². The fourth-order valence-corrected chi connectivity index (χ4v) is 2.64. The van der Waals surface area contributed by atoms with E-state index in [0.717, 1.165) is 10.6 Å². The molecule has 0 bridgehead atoms. The van der Waals surface area contributed by atoms with Crippen molar-refractivity contribution in [2.24, 2.45) is 0 Å². The quantitative estimate of drug-likeness (QED) is 0.831. The topological polar surface area (TPSA) is 72.4 Å². The summed E-state index contributed by atoms with van der Waals surface area (Å²) in [6.45, 7) is 1.12. The SMILES string of the molecule is Nc1nc2c(o1)CN(C(=O)c1cccs1)CC2. The second kappa shape index (κ2) is 3.89. The summed E-state index contributed by atoms with van der Waals surface area (Å²) in [5.74, 6) is 0.749. The van der Waals surface area contributed by atoms with Crippen molar-refractivity contribution in [2.75, 3.05) is 12.3 Å². The molecular weight excluding hydrogens is 238 g/mol. The number of nitrogens with zero attached hydrogens (tertiary/aromatic N) is 2. The van der Waals surface area contributed by atoms with Crippen LogP contribution in [0.1, 0.15) is 21.1 Å². The first kappa shape index (κ1) is 10.3. The molecule has 3 heterocycles. The fraction of sp³-hybridized carbons (Fsp3) is 0.273. The van der Waals surface area contributed by atoms with Crippen LogP contribution in [-0.2, 0) is 13.0 Å². The third kappa shape index (κ3) is 1.80. The van der Waals surface area contributed by atoms with Gasteiger partial charge in [-0.25, -0.2) is 0 Å². The van der Waals surface area contributed by atoms with Gasteiger partial charge in [0.05, 0.1) is 17.1 Å². The molecule has 6 heteroatoms. The second-order valence-electron chi connectivity index (χ2n) is 3.88. The molecule has 1 amide bonds. The third-order valence-electron chi connectivity index (χ3n) is 2.77. The van der Waals surface area contributed by atoms with Crippen LogP contribution < -0.4 is 5.73 Å². The number of rotatable bonds is 1. The van der Waals surface area contributed by atoms with E-state index in [-0.39, 0.29) is 11.9 Å². The van der Waals surface area contributed by atoms with Crippen molar-refractivity contribution in [3.63, 3.8) is 0 Å². The van der Waals surface area contributed by atoms with Crippen LogP contribution in [0.3, 0.4) is 0 Å². The van der Waals surface area contributed by atoms with Crippen LogP contribution in [0.15, 0.2) is 21.9 Å². The number of carbonyl (C=O) groups is 1. The average Bonchev–Trinajstić information content (AvgIpc) is 2.94. The normalized spacial score (nSPS) is 14.7. The van der Waals surface area contributed by atoms with Crippen molar-refractivity contribution in [2.45, 2.75) is 13.0 Å². The minimum atomic E-state index is 0.0422. The van der Waals surface area contributed by atoms with Gasteiger partial charge in [0, 0.05) is 13.0 Å². The standard InChI is InChI=1S/C11H11N3O2S/c12-11-13-7-3-4-14(6-8(7)16-11)10(15)9-2-1-5-17-9/h1-2,5H,3-4,6H2,(H2,12,13). The molecule has 17 heavy (non-hydrogen) atoms. The van der Waals surface area contributed by atoms with Crippen molar-refractivity contribution in [3.05, 3.63) is 33.8 Å². The maximum absolute atomic E-state index is 12.1. The van der Waals surface area contributed by atoms with Crippen molar-refractivity contribution in [3.8, 4) is 0 Å². The van der Waals surface area contributed by atoms with Crippen LogP contribution in [0.25, 0.3) is 0 Å². The number of nitrogen functional groups attached to an aromatic ring is 1. The summed E-state index contributed by atoms with van der Waals surface area (Å²) in [6, 6.07) is 3.89. The molecule has 0 aliphatic carbocycles. The van der Waals surface area contributed by atoms with Gasteiger partial charge >= 0.3 is 0 Å². The Kier molecular flexibility index (Phi) is 2.36. The summed E-state index contributed by atoms with van der Waals surface area (Å²) in [6.07, 6.45) is 0.702. The molecule has 0 saturated carbocycles. The highest BCUT2D eigenvalue weighted by molar-refractivity contribution is 7.12. The number of oxazole rings is 1. The van der Waals surface area contributed by atoms with Gasteiger partial charge in [0.2, 0.25) is 0 Å². The zero-order valence-corrected chi connectivity index (χ0v) is 9.87. The largest absolute Gasteiger partial charge is 0.427 e. The van der Waals surface area contributed by atoms with Gasteiger partial charge in [-0.2, -0.15) is 4.98 Å². The lowest BCUT2D eigenvalue weighted by Gasteiger charge is -2.24. The first-order valence-electron chi connectivity index (χ1n) is 5.31. The molecule has 0 unspecified atom stereocenters. The maximum Gasteiger partial charge on any atom is 0.292 e. The van der Waals surface area contributed by atoms with Crippen molar-refractivity contribution >= 4 is 23.3 Å². The van der Waals surface area contributed by atoms with E-state index in [0.29, 0.717) is 25.3 Å². The van der Waals surface area contributed by atoms with E-state index in [1.54, 1.807) is 4.90 Å². The number of amides is 1. The molecule has 2 aromatic heterocycles. The Bertz CT molecular complexity index is 547. The van der Waals surface area contributed by atoms with Crippen LogP contribution in [0.2, 0.25) is 0 Å². The molecule has 0 atom stereocenters. The van der Waals surface area contributed by atoms with Gasteiger partial charge in [-0.05, 0) is 11.4 Å². The second-order valence-corrected chi connectivity index (χ2v) is 4.82. The molecule has 0 aromatic carbocycles. The Morgan fingerprint density at radius 2 is 2.47 bits per heavy atom. The Balaban J connectivity index is 1.82. The molecular formula is C11H11N3O2S. The van der Waals surface area contributed by atoms with Gasteiger partial charge < -0.3 is 15.1 Å². The van der Waals surface area contributed by atoms with E-state index >= 15 is 0 Å². The Hall–Kier alpha value is -1.82. The molecule has 88 valence electrons. The lowest BCUT2D eigenvalue weighted by molar-refractivity contribution is 0.0725. The molecule has 2 aromatic rings. The number of anilines is 1. The molecule has 0 saturated heterocycles. The molecule has 1 aliphatic heterocycles. The predicted octanol–water partition coefficient (Wildman–Crippen LogP) is 1.52. The van der Waals surface area contributed by atoms with E-state index < -0.39 is 0 Å². The molecule has 5 nitrogen and oxygen atoms in total. The summed E-state index contributed by atoms with van der Waals surface area (Å²) in [4.78, 5) is 18.7. The first-order chi connectivity index (χ1) is 8.24. The molecule has 1 aliphatic rings. The number of carbonyl (C=O) groups excluding carboxylic acids is 1. The van der Waals surface area contributed by atoms with E-state index in [9.17, 15) is 4.79 Å². The highest BCUT2D eigenvalue weighted by atomic mass is 32.1. The number of thiophene rings is 1. The Morgan fingerprint density at radius 3 is 3.24 bits per heavy atom. The van der Waals surface area contributed by atoms with Gasteiger partial charge in [0.1, 0.15) is 5.76 Å². The molecule has 2 N–H and O–H groups in total. The number of nitrogens with two attached hydrogens (primary N) is 1. The van der Waals surface area contributed by atoms with Crippen LogP contribution in [0, 0.1) is 0 Å². The number of hydrogen-bond acceptors (Lipinski definition) is 5. The van der Waals surface area contributed by atoms with Gasteiger partial charge in [-0.15, -0.1) is 11.3 Å². The van der Waals surface area contributed by atoms with Crippen molar-refractivity contribution in [1.29, 1.82) is 0 Å². The lowest BCUT2D eigenvalue weighted by Crippen LogP contribution is -2.35. The van der Waals surface area contributed by atoms with Gasteiger partial charge in [-0.1, -0.05) is 6.07 Å². The zero-order chi connectivity index (χ0) is 11.8. The third-order valence-corrected chi connectivity index (χ3v) is 3.62. The fourth-order valence-electron chi connectivity index (χ4n) is 1.94. The molecule has 0 spiro atoms. The van der Waals surface area contributed by atoms with Crippen LogP contribution >= 0.6 is 11.3 Å². The predicted molar refractivity (Wildman–Crippen MR) is 63.7 cm³/mol. The molecule has 3 rings (SSSR count). The number of fused-ring (bicyclic) bond motifs is 1. The van der Waals surface area contributed by atoms with Gasteiger partial charge in [0.15, 0.2) is 0 Å². The summed E-state index contributed by atoms with van der Waals surface area (Å²) >= 11 is 1.45. The Morgan fingerprint density at radius 1 is 1.59 bits per heavy atom. The van der Waals surface area contributed by atoms with E-state index in [4.69, 9.17) is 10.2 Å². The lowest BCUT2D eigenvalue weighted by atomic mass is 10.1. The summed E-state index contributed by atoms with van der Waals surface area (Å²) in [5, 5.41) is 1.90. The maximum atomic E-state index is 12.1. The molecule has 0 fully saturated rings. The monoisotopic (exact) mass is 249 g/mol. The Labute approximate surface area is 102 Å². The van der Waals surface area contributed by atoms with Gasteiger partial charge in [-0.3, -0.25) is 4.79 Å². The van der Waals surface area contributed by atoms with Crippen LogP contribution in [0.4, 0.5) is 6.01 Å². The average molecular weight is 249 g/mol. The molecule has 0 radical (unpaired) electrons. The smallest absolute Gasteiger partial charge is 0.292 e. The van der Waals surface area contributed by atoms with E-state index in [1.165, 1.54) is 11.3 Å². The van der Waals surface area contributed by atoms with Crippen LogP contribution in [0.5, 0.6) is 0 Å². The first-order valence-corrected chi connectivity index (χ1v) is 6.19. The summed E-state index contributed by atoms with van der Waals surface area (Å²) in [7, 11) is 0. The number of aromatic nitrogens is 1. The minimum absolute atomic E-state index is 0.0422. The summed E-state index contributed by atoms with van der Waals surface area (Å²) < 4.78 is 5.28. The minimum Gasteiger partial charge on any atom is -0.427 e. The van der Waals surface area contributed by atoms with Crippen LogP contribution in [-0.4, -0.2) is 22.3 Å². The van der Waals surface area contributed by atoms with E-state index in [2.05, 4.69) is 4.98 Å².